The van der Waals surface area contributed by atoms with E-state index < -0.39 is 6.23 Å². The summed E-state index contributed by atoms with van der Waals surface area (Å²) in [6.07, 6.45) is 1.23. The maximum atomic E-state index is 9.06. The number of nitrogens with one attached hydrogen (secondary N) is 1. The Bertz CT molecular complexity index is 93.1. The predicted molar refractivity (Wildman–Crippen MR) is 38.6 cm³/mol. The van der Waals surface area contributed by atoms with Crippen LogP contribution in [0.25, 0.3) is 0 Å². The third-order valence-corrected chi connectivity index (χ3v) is 1.18. The highest BCUT2D eigenvalue weighted by Crippen LogP contribution is 1.93. The molecular weight excluding hydrogens is 116 g/mol. The average Bonchev–Trinajstić information content (AvgIpc) is 1.87. The molecule has 54 valence electrons. The Morgan fingerprint density at radius 2 is 2.22 bits per heavy atom. The fourth-order valence-electron chi connectivity index (χ4n) is 0.580. The molecule has 0 aliphatic heterocycles. The van der Waals surface area contributed by atoms with Gasteiger partial charge in [0.15, 0.2) is 0 Å². The molecule has 0 aromatic heterocycles. The number of rotatable bonds is 3. The third-order valence-electron chi connectivity index (χ3n) is 1.18. The zero-order chi connectivity index (χ0) is 7.28. The first-order valence-electron chi connectivity index (χ1n) is 3.00. The summed E-state index contributed by atoms with van der Waals surface area (Å²) in [6.45, 7) is 1.90. The molecule has 9 heavy (non-hydrogen) atoms. The molecule has 0 rings (SSSR count). The van der Waals surface area contributed by atoms with Gasteiger partial charge in [-0.3, -0.25) is 5.32 Å². The number of hydrogen-bond acceptors (Lipinski definition) is 3. The Labute approximate surface area is 55.8 Å². The van der Waals surface area contributed by atoms with E-state index in [-0.39, 0.29) is 5.92 Å². The molecule has 0 amide bonds. The summed E-state index contributed by atoms with van der Waals surface area (Å²) in [7, 11) is 3.41. The first-order chi connectivity index (χ1) is 4.22. The van der Waals surface area contributed by atoms with Gasteiger partial charge in [-0.2, -0.15) is 0 Å². The fourth-order valence-corrected chi connectivity index (χ4v) is 0.580. The van der Waals surface area contributed by atoms with Crippen molar-refractivity contribution in [2.45, 2.75) is 13.2 Å². The van der Waals surface area contributed by atoms with Gasteiger partial charge in [-0.25, -0.2) is 0 Å². The molecule has 0 aromatic carbocycles. The molecule has 0 spiro atoms. The Morgan fingerprint density at radius 1 is 1.67 bits per heavy atom. The molecule has 0 saturated carbocycles. The van der Waals surface area contributed by atoms with Crippen molar-refractivity contribution in [2.75, 3.05) is 14.1 Å². The molecular formula is C6H14N2O. The molecule has 3 heteroatoms. The lowest BCUT2D eigenvalue weighted by Gasteiger charge is -2.12. The van der Waals surface area contributed by atoms with Crippen molar-refractivity contribution in [3.8, 4) is 0 Å². The van der Waals surface area contributed by atoms with Crippen LogP contribution in [0.2, 0.25) is 0 Å². The second kappa shape index (κ2) is 4.47. The van der Waals surface area contributed by atoms with Gasteiger partial charge in [-0.05, 0) is 7.05 Å². The zero-order valence-electron chi connectivity index (χ0n) is 6.13. The fraction of sp³-hybridized carbons (Fsp3) is 0.833. The summed E-state index contributed by atoms with van der Waals surface area (Å²) >= 11 is 0. The Kier molecular flexibility index (Phi) is 4.26. The smallest absolute Gasteiger partial charge is 0.112 e. The monoisotopic (exact) mass is 130 g/mol. The summed E-state index contributed by atoms with van der Waals surface area (Å²) in [5, 5.41) is 11.8. The summed E-state index contributed by atoms with van der Waals surface area (Å²) in [4.78, 5) is 3.78. The number of hydrogen-bond donors (Lipinski definition) is 2. The minimum absolute atomic E-state index is 0.0833. The maximum Gasteiger partial charge on any atom is 0.112 e. The number of aliphatic hydroxyl groups excluding tert-OH is 1. The van der Waals surface area contributed by atoms with Crippen LogP contribution in [-0.4, -0.2) is 31.6 Å². The van der Waals surface area contributed by atoms with Crippen LogP contribution in [0, 0.1) is 5.92 Å². The SMILES string of the molecule is CN=CC(C)C(O)NC. The molecule has 3 nitrogen and oxygen atoms in total. The second-order valence-electron chi connectivity index (χ2n) is 2.00. The molecule has 2 atom stereocenters. The van der Waals surface area contributed by atoms with Crippen molar-refractivity contribution in [3.05, 3.63) is 0 Å². The number of aliphatic imine (C=N–C) groups is 1. The van der Waals surface area contributed by atoms with Gasteiger partial charge in [-0.15, -0.1) is 0 Å². The Hall–Kier alpha value is -0.410. The van der Waals surface area contributed by atoms with E-state index in [0.29, 0.717) is 0 Å². The van der Waals surface area contributed by atoms with Crippen LogP contribution in [-0.2, 0) is 0 Å². The van der Waals surface area contributed by atoms with E-state index in [4.69, 9.17) is 5.11 Å². The van der Waals surface area contributed by atoms with Crippen LogP contribution < -0.4 is 5.32 Å². The van der Waals surface area contributed by atoms with Gasteiger partial charge in [0.1, 0.15) is 6.23 Å². The zero-order valence-corrected chi connectivity index (χ0v) is 6.13. The maximum absolute atomic E-state index is 9.06. The summed E-state index contributed by atoms with van der Waals surface area (Å²) in [6, 6.07) is 0. The van der Waals surface area contributed by atoms with Crippen LogP contribution in [0.15, 0.2) is 4.99 Å². The molecule has 0 radical (unpaired) electrons. The lowest BCUT2D eigenvalue weighted by atomic mass is 10.2. The van der Waals surface area contributed by atoms with Gasteiger partial charge in [0.2, 0.25) is 0 Å². The first kappa shape index (κ1) is 8.59. The topological polar surface area (TPSA) is 44.6 Å². The Balaban J connectivity index is 3.58. The minimum Gasteiger partial charge on any atom is -0.378 e. The Morgan fingerprint density at radius 3 is 2.56 bits per heavy atom. The molecule has 0 heterocycles. The number of aliphatic hydroxyl groups is 1. The van der Waals surface area contributed by atoms with Crippen molar-refractivity contribution in [3.63, 3.8) is 0 Å². The summed E-state index contributed by atoms with van der Waals surface area (Å²) in [5.74, 6) is 0.0833. The minimum atomic E-state index is -0.478. The van der Waals surface area contributed by atoms with Crippen LogP contribution in [0.5, 0.6) is 0 Å². The van der Waals surface area contributed by atoms with Crippen LogP contribution in [0.4, 0.5) is 0 Å². The number of nitrogens with zero attached hydrogens (tertiary/aromatic N) is 1. The van der Waals surface area contributed by atoms with Crippen molar-refractivity contribution in [1.29, 1.82) is 0 Å². The molecule has 2 unspecified atom stereocenters. The highest BCUT2D eigenvalue weighted by molar-refractivity contribution is 5.60. The highest BCUT2D eigenvalue weighted by atomic mass is 16.3. The molecule has 0 fully saturated rings. The predicted octanol–water partition coefficient (Wildman–Crippen LogP) is -0.139. The van der Waals surface area contributed by atoms with Gasteiger partial charge < -0.3 is 10.1 Å². The van der Waals surface area contributed by atoms with Gasteiger partial charge in [0, 0.05) is 19.2 Å². The normalized spacial score (nSPS) is 18.2. The summed E-state index contributed by atoms with van der Waals surface area (Å²) in [5.41, 5.74) is 0. The standard InChI is InChI=1S/C6H14N2O/c1-5(4-7-2)6(9)8-3/h4-6,8-9H,1-3H3. The van der Waals surface area contributed by atoms with Crippen molar-refractivity contribution in [2.24, 2.45) is 10.9 Å². The van der Waals surface area contributed by atoms with E-state index in [1.165, 1.54) is 0 Å². The van der Waals surface area contributed by atoms with Gasteiger partial charge in [-0.1, -0.05) is 6.92 Å². The average molecular weight is 130 g/mol. The van der Waals surface area contributed by atoms with Crippen molar-refractivity contribution >= 4 is 6.21 Å². The molecule has 0 saturated heterocycles. The molecule has 2 N–H and O–H groups in total. The van der Waals surface area contributed by atoms with Crippen LogP contribution in [0.1, 0.15) is 6.92 Å². The van der Waals surface area contributed by atoms with Crippen molar-refractivity contribution in [1.82, 2.24) is 5.32 Å². The molecule has 0 bridgehead atoms. The van der Waals surface area contributed by atoms with E-state index in [1.807, 2.05) is 6.92 Å². The van der Waals surface area contributed by atoms with Gasteiger partial charge >= 0.3 is 0 Å². The van der Waals surface area contributed by atoms with Gasteiger partial charge in [0.05, 0.1) is 0 Å². The van der Waals surface area contributed by atoms with E-state index >= 15 is 0 Å². The third kappa shape index (κ3) is 3.21. The van der Waals surface area contributed by atoms with Crippen LogP contribution >= 0.6 is 0 Å². The first-order valence-corrected chi connectivity index (χ1v) is 3.00. The van der Waals surface area contributed by atoms with Gasteiger partial charge in [0.25, 0.3) is 0 Å². The largest absolute Gasteiger partial charge is 0.378 e. The molecule has 0 aliphatic carbocycles. The highest BCUT2D eigenvalue weighted by Gasteiger charge is 2.06. The molecule has 0 aromatic rings. The lowest BCUT2D eigenvalue weighted by molar-refractivity contribution is 0.120. The van der Waals surface area contributed by atoms with E-state index in [0.717, 1.165) is 0 Å². The van der Waals surface area contributed by atoms with Crippen LogP contribution in [0.3, 0.4) is 0 Å². The van der Waals surface area contributed by atoms with E-state index in [2.05, 4.69) is 10.3 Å². The van der Waals surface area contributed by atoms with E-state index in [1.54, 1.807) is 20.3 Å². The molecule has 0 aliphatic rings. The van der Waals surface area contributed by atoms with Crippen molar-refractivity contribution < 1.29 is 5.11 Å². The second-order valence-corrected chi connectivity index (χ2v) is 2.00. The van der Waals surface area contributed by atoms with E-state index in [9.17, 15) is 0 Å². The quantitative estimate of drug-likeness (QED) is 0.412. The summed E-state index contributed by atoms with van der Waals surface area (Å²) < 4.78 is 0. The lowest BCUT2D eigenvalue weighted by Crippen LogP contribution is -2.32.